The first-order valence-corrected chi connectivity index (χ1v) is 12.2. The van der Waals surface area contributed by atoms with Crippen molar-refractivity contribution in [1.29, 1.82) is 0 Å². The van der Waals surface area contributed by atoms with Crippen molar-refractivity contribution in [2.75, 3.05) is 35.8 Å². The van der Waals surface area contributed by atoms with E-state index in [0.717, 1.165) is 51.0 Å². The van der Waals surface area contributed by atoms with Crippen LogP contribution >= 0.6 is 0 Å². The van der Waals surface area contributed by atoms with Crippen molar-refractivity contribution in [2.45, 2.75) is 50.5 Å². The fourth-order valence-corrected chi connectivity index (χ4v) is 5.27. The van der Waals surface area contributed by atoms with E-state index in [1.165, 1.54) is 4.31 Å². The first-order chi connectivity index (χ1) is 14.0. The Labute approximate surface area is 175 Å². The molecular weight excluding hydrogens is 382 g/mol. The molecule has 1 aliphatic heterocycles. The molecule has 0 unspecified atom stereocenters. The molecule has 1 aliphatic rings. The van der Waals surface area contributed by atoms with Gasteiger partial charge in [-0.25, -0.2) is 8.42 Å². The highest BCUT2D eigenvalue weighted by Crippen LogP contribution is 2.26. The van der Waals surface area contributed by atoms with Gasteiger partial charge in [0.1, 0.15) is 0 Å². The minimum Gasteiger partial charge on any atom is -0.382 e. The van der Waals surface area contributed by atoms with Gasteiger partial charge < -0.3 is 10.2 Å². The van der Waals surface area contributed by atoms with Crippen LogP contribution in [0.5, 0.6) is 0 Å². The number of nitrogens with one attached hydrogen (secondary N) is 1. The third-order valence-electron chi connectivity index (χ3n) is 5.61. The molecule has 0 spiro atoms. The van der Waals surface area contributed by atoms with Gasteiger partial charge in [0.25, 0.3) is 10.0 Å². The van der Waals surface area contributed by atoms with Gasteiger partial charge in [-0.1, -0.05) is 38.5 Å². The molecule has 0 aromatic heterocycles. The molecule has 2 aromatic carbocycles. The molecule has 0 radical (unpaired) electrons. The molecule has 1 fully saturated rings. The summed E-state index contributed by atoms with van der Waals surface area (Å²) in [4.78, 5) is 2.80. The Morgan fingerprint density at radius 1 is 1.00 bits per heavy atom. The van der Waals surface area contributed by atoms with E-state index in [9.17, 15) is 8.42 Å². The van der Waals surface area contributed by atoms with Crippen LogP contribution in [-0.2, 0) is 10.0 Å². The monoisotopic (exact) mass is 415 g/mol. The Bertz CT molecular complexity index is 845. The predicted octanol–water partition coefficient (Wildman–Crippen LogP) is 4.58. The molecule has 6 heteroatoms. The van der Waals surface area contributed by atoms with E-state index < -0.39 is 10.0 Å². The molecule has 1 heterocycles. The molecule has 0 aliphatic carbocycles. The zero-order chi connectivity index (χ0) is 20.7. The van der Waals surface area contributed by atoms with Gasteiger partial charge >= 0.3 is 0 Å². The number of para-hydroxylation sites is 1. The fourth-order valence-electron chi connectivity index (χ4n) is 3.76. The molecule has 5 nitrogen and oxygen atoms in total. The average molecular weight is 416 g/mol. The van der Waals surface area contributed by atoms with E-state index in [2.05, 4.69) is 24.1 Å². The van der Waals surface area contributed by atoms with Crippen LogP contribution in [0.1, 0.15) is 39.5 Å². The average Bonchev–Trinajstić information content (AvgIpc) is 2.75. The largest absolute Gasteiger partial charge is 0.382 e. The second kappa shape index (κ2) is 10.1. The first kappa shape index (κ1) is 21.7. The summed E-state index contributed by atoms with van der Waals surface area (Å²) in [5.41, 5.74) is 1.70. The number of hydrogen-bond acceptors (Lipinski definition) is 4. The lowest BCUT2D eigenvalue weighted by molar-refractivity contribution is 0.229. The zero-order valence-electron chi connectivity index (χ0n) is 17.5. The third kappa shape index (κ3) is 5.52. The summed E-state index contributed by atoms with van der Waals surface area (Å²) in [6, 6.07) is 17.0. The number of anilines is 2. The van der Waals surface area contributed by atoms with Gasteiger partial charge in [-0.2, -0.15) is 0 Å². The Hall–Kier alpha value is -2.05. The maximum Gasteiger partial charge on any atom is 0.264 e. The summed E-state index contributed by atoms with van der Waals surface area (Å²) in [6.45, 7) is 8.09. The minimum absolute atomic E-state index is 0.337. The Morgan fingerprint density at radius 3 is 2.24 bits per heavy atom. The van der Waals surface area contributed by atoms with Gasteiger partial charge in [-0.15, -0.1) is 0 Å². The SMILES string of the molecule is CCCCN(c1ccccc1)S(=O)(=O)c1ccc(NC2CCN(CC)CC2)cc1. The summed E-state index contributed by atoms with van der Waals surface area (Å²) in [5, 5.41) is 3.56. The second-order valence-electron chi connectivity index (χ2n) is 7.64. The topological polar surface area (TPSA) is 52.7 Å². The van der Waals surface area contributed by atoms with Gasteiger partial charge in [-0.05, 0) is 62.2 Å². The molecule has 0 saturated carbocycles. The van der Waals surface area contributed by atoms with Crippen molar-refractivity contribution < 1.29 is 8.42 Å². The number of likely N-dealkylation sites (tertiary alicyclic amines) is 1. The number of nitrogens with zero attached hydrogens (tertiary/aromatic N) is 2. The summed E-state index contributed by atoms with van der Waals surface area (Å²) in [6.07, 6.45) is 4.00. The van der Waals surface area contributed by atoms with Crippen LogP contribution in [0.4, 0.5) is 11.4 Å². The smallest absolute Gasteiger partial charge is 0.264 e. The van der Waals surface area contributed by atoms with Crippen LogP contribution < -0.4 is 9.62 Å². The van der Waals surface area contributed by atoms with Gasteiger partial charge in [0, 0.05) is 31.4 Å². The van der Waals surface area contributed by atoms with Crippen molar-refractivity contribution in [3.05, 3.63) is 54.6 Å². The van der Waals surface area contributed by atoms with Gasteiger partial charge in [-0.3, -0.25) is 4.31 Å². The van der Waals surface area contributed by atoms with Crippen molar-refractivity contribution in [3.8, 4) is 0 Å². The van der Waals surface area contributed by atoms with Crippen molar-refractivity contribution in [2.24, 2.45) is 0 Å². The second-order valence-corrected chi connectivity index (χ2v) is 9.51. The summed E-state index contributed by atoms with van der Waals surface area (Å²) < 4.78 is 28.1. The lowest BCUT2D eigenvalue weighted by atomic mass is 10.0. The van der Waals surface area contributed by atoms with Crippen LogP contribution in [0.2, 0.25) is 0 Å². The van der Waals surface area contributed by atoms with E-state index in [4.69, 9.17) is 0 Å². The lowest BCUT2D eigenvalue weighted by Gasteiger charge is -2.32. The number of unbranched alkanes of at least 4 members (excludes halogenated alkanes) is 1. The van der Waals surface area contributed by atoms with E-state index in [0.29, 0.717) is 23.2 Å². The van der Waals surface area contributed by atoms with Gasteiger partial charge in [0.2, 0.25) is 0 Å². The van der Waals surface area contributed by atoms with Crippen molar-refractivity contribution >= 4 is 21.4 Å². The van der Waals surface area contributed by atoms with Crippen LogP contribution in [0, 0.1) is 0 Å². The molecule has 0 amide bonds. The van der Waals surface area contributed by atoms with E-state index in [-0.39, 0.29) is 0 Å². The van der Waals surface area contributed by atoms with Gasteiger partial charge in [0.05, 0.1) is 10.6 Å². The summed E-state index contributed by atoms with van der Waals surface area (Å²) in [7, 11) is -3.59. The van der Waals surface area contributed by atoms with E-state index in [1.807, 2.05) is 42.5 Å². The number of sulfonamides is 1. The van der Waals surface area contributed by atoms with Crippen molar-refractivity contribution in [1.82, 2.24) is 4.90 Å². The van der Waals surface area contributed by atoms with E-state index in [1.54, 1.807) is 12.1 Å². The Balaban J connectivity index is 1.72. The normalized spacial score (nSPS) is 15.9. The van der Waals surface area contributed by atoms with Crippen LogP contribution in [-0.4, -0.2) is 45.5 Å². The third-order valence-corrected chi connectivity index (χ3v) is 7.45. The molecule has 158 valence electrons. The van der Waals surface area contributed by atoms with Crippen LogP contribution in [0.15, 0.2) is 59.5 Å². The maximum absolute atomic E-state index is 13.3. The molecule has 3 rings (SSSR count). The Morgan fingerprint density at radius 2 is 1.66 bits per heavy atom. The first-order valence-electron chi connectivity index (χ1n) is 10.7. The van der Waals surface area contributed by atoms with Gasteiger partial charge in [0.15, 0.2) is 0 Å². The summed E-state index contributed by atoms with van der Waals surface area (Å²) in [5.74, 6) is 0. The molecule has 1 saturated heterocycles. The van der Waals surface area contributed by atoms with E-state index >= 15 is 0 Å². The number of piperidine rings is 1. The maximum atomic E-state index is 13.3. The standard InChI is InChI=1S/C23H33N3O2S/c1-3-5-17-26(22-9-7-6-8-10-22)29(27,28)23-13-11-20(12-14-23)24-21-15-18-25(4-2)19-16-21/h6-14,21,24H,3-5,15-19H2,1-2H3. The molecule has 2 aromatic rings. The molecule has 1 N–H and O–H groups in total. The predicted molar refractivity (Wildman–Crippen MR) is 121 cm³/mol. The zero-order valence-corrected chi connectivity index (χ0v) is 18.4. The van der Waals surface area contributed by atoms with Crippen LogP contribution in [0.3, 0.4) is 0 Å². The highest BCUT2D eigenvalue weighted by molar-refractivity contribution is 7.92. The highest BCUT2D eigenvalue weighted by atomic mass is 32.2. The van der Waals surface area contributed by atoms with Crippen molar-refractivity contribution in [3.63, 3.8) is 0 Å². The quantitative estimate of drug-likeness (QED) is 0.651. The molecule has 0 atom stereocenters. The van der Waals surface area contributed by atoms with Crippen LogP contribution in [0.25, 0.3) is 0 Å². The fraction of sp³-hybridized carbons (Fsp3) is 0.478. The number of hydrogen-bond donors (Lipinski definition) is 1. The number of benzene rings is 2. The lowest BCUT2D eigenvalue weighted by Crippen LogP contribution is -2.38. The molecule has 29 heavy (non-hydrogen) atoms. The minimum atomic E-state index is -3.59. The number of rotatable bonds is 9. The molecule has 0 bridgehead atoms. The Kier molecular flexibility index (Phi) is 7.56. The molecular formula is C23H33N3O2S. The highest BCUT2D eigenvalue weighted by Gasteiger charge is 2.24. The summed E-state index contributed by atoms with van der Waals surface area (Å²) >= 11 is 0.